The van der Waals surface area contributed by atoms with Gasteiger partial charge in [-0.15, -0.1) is 0 Å². The van der Waals surface area contributed by atoms with Gasteiger partial charge in [-0.1, -0.05) is 18.6 Å². The van der Waals surface area contributed by atoms with E-state index in [1.807, 2.05) is 0 Å². The lowest BCUT2D eigenvalue weighted by molar-refractivity contribution is -0.151. The summed E-state index contributed by atoms with van der Waals surface area (Å²) in [6.07, 6.45) is 7.92. The zero-order valence-corrected chi connectivity index (χ0v) is 13.3. The first kappa shape index (κ1) is 17.2. The first-order valence-electron chi connectivity index (χ1n) is 7.60. The molecule has 1 rings (SSSR count). The number of ether oxygens (including phenoxy) is 2. The van der Waals surface area contributed by atoms with E-state index in [-0.39, 0.29) is 12.1 Å². The van der Waals surface area contributed by atoms with Crippen molar-refractivity contribution in [2.45, 2.75) is 64.0 Å². The number of hydrogen-bond acceptors (Lipinski definition) is 4. The van der Waals surface area contributed by atoms with Gasteiger partial charge in [0.25, 0.3) is 0 Å². The maximum atomic E-state index is 12.1. The highest BCUT2D eigenvalue weighted by Crippen LogP contribution is 2.31. The quantitative estimate of drug-likeness (QED) is 0.443. The number of nitrogens with one attached hydrogen (secondary N) is 1. The lowest BCUT2D eigenvalue weighted by Crippen LogP contribution is -2.55. The Morgan fingerprint density at radius 1 is 1.35 bits per heavy atom. The Morgan fingerprint density at radius 3 is 2.50 bits per heavy atom. The van der Waals surface area contributed by atoms with E-state index in [2.05, 4.69) is 25.2 Å². The third kappa shape index (κ3) is 4.60. The summed E-state index contributed by atoms with van der Waals surface area (Å²) in [5, 5.41) is 3.44. The Balaban J connectivity index is 2.55. The second-order valence-electron chi connectivity index (χ2n) is 5.63. The maximum absolute atomic E-state index is 12.1. The molecule has 0 unspecified atom stereocenters. The smallest absolute Gasteiger partial charge is 0.326 e. The zero-order chi connectivity index (χ0) is 15.0. The summed E-state index contributed by atoms with van der Waals surface area (Å²) in [6, 6.07) is 0. The normalized spacial score (nSPS) is 27.4. The molecule has 0 spiro atoms. The van der Waals surface area contributed by atoms with Crippen molar-refractivity contribution in [2.24, 2.45) is 0 Å². The van der Waals surface area contributed by atoms with Crippen molar-refractivity contribution in [3.05, 3.63) is 11.6 Å². The number of methoxy groups -OCH3 is 2. The van der Waals surface area contributed by atoms with Gasteiger partial charge in [-0.25, -0.2) is 0 Å². The molecule has 4 nitrogen and oxygen atoms in total. The van der Waals surface area contributed by atoms with Crippen molar-refractivity contribution in [2.75, 3.05) is 20.8 Å². The largest absolute Gasteiger partial charge is 0.468 e. The minimum atomic E-state index is -0.516. The van der Waals surface area contributed by atoms with Gasteiger partial charge in [-0.05, 0) is 52.0 Å². The molecule has 20 heavy (non-hydrogen) atoms. The Bertz CT molecular complexity index is 331. The van der Waals surface area contributed by atoms with Crippen molar-refractivity contribution in [3.8, 4) is 0 Å². The van der Waals surface area contributed by atoms with Gasteiger partial charge >= 0.3 is 5.97 Å². The first-order chi connectivity index (χ1) is 9.57. The fourth-order valence-electron chi connectivity index (χ4n) is 2.74. The highest BCUT2D eigenvalue weighted by Gasteiger charge is 2.42. The number of esters is 1. The van der Waals surface area contributed by atoms with E-state index in [0.717, 1.165) is 45.1 Å². The summed E-state index contributed by atoms with van der Waals surface area (Å²) in [6.45, 7) is 5.10. The molecule has 0 aliphatic heterocycles. The molecule has 1 N–H and O–H groups in total. The molecule has 116 valence electrons. The van der Waals surface area contributed by atoms with Crippen LogP contribution in [0, 0.1) is 0 Å². The highest BCUT2D eigenvalue weighted by molar-refractivity contribution is 5.80. The monoisotopic (exact) mass is 283 g/mol. The average molecular weight is 283 g/mol. The van der Waals surface area contributed by atoms with Crippen molar-refractivity contribution in [1.82, 2.24) is 5.32 Å². The molecule has 0 amide bonds. The number of carbonyl (C=O) groups excluding carboxylic acids is 1. The van der Waals surface area contributed by atoms with E-state index in [1.54, 1.807) is 7.11 Å². The highest BCUT2D eigenvalue weighted by atomic mass is 16.5. The second kappa shape index (κ2) is 8.42. The lowest BCUT2D eigenvalue weighted by atomic mass is 9.80. The molecule has 1 aliphatic carbocycles. The van der Waals surface area contributed by atoms with E-state index >= 15 is 0 Å². The lowest BCUT2D eigenvalue weighted by Gasteiger charge is -2.38. The van der Waals surface area contributed by atoms with Crippen LogP contribution in [0.2, 0.25) is 0 Å². The van der Waals surface area contributed by atoms with Gasteiger partial charge in [0, 0.05) is 7.11 Å². The molecule has 0 aromatic carbocycles. The third-order valence-electron chi connectivity index (χ3n) is 4.35. The van der Waals surface area contributed by atoms with Crippen molar-refractivity contribution >= 4 is 5.97 Å². The summed E-state index contributed by atoms with van der Waals surface area (Å²) < 4.78 is 10.4. The molecular weight excluding hydrogens is 254 g/mol. The molecule has 4 heteroatoms. The van der Waals surface area contributed by atoms with Crippen LogP contribution in [-0.4, -0.2) is 38.4 Å². The van der Waals surface area contributed by atoms with Gasteiger partial charge in [0.15, 0.2) is 0 Å². The molecule has 0 heterocycles. The number of carbonyl (C=O) groups is 1. The van der Waals surface area contributed by atoms with Crippen molar-refractivity contribution < 1.29 is 14.3 Å². The fraction of sp³-hybridized carbons (Fsp3) is 0.812. The van der Waals surface area contributed by atoms with Gasteiger partial charge in [0.2, 0.25) is 0 Å². The molecule has 0 saturated heterocycles. The first-order valence-corrected chi connectivity index (χ1v) is 7.60. The van der Waals surface area contributed by atoms with E-state index in [0.29, 0.717) is 0 Å². The molecule has 0 atom stereocenters. The molecule has 0 radical (unpaired) electrons. The second-order valence-corrected chi connectivity index (χ2v) is 5.63. The SMILES string of the molecule is CC/C(C)=C\CCNC1(C(=O)OC)CCC(OC)CC1. The Labute approximate surface area is 122 Å². The van der Waals surface area contributed by atoms with Crippen molar-refractivity contribution in [1.29, 1.82) is 0 Å². The summed E-state index contributed by atoms with van der Waals surface area (Å²) in [5.74, 6) is -0.136. The minimum absolute atomic E-state index is 0.136. The summed E-state index contributed by atoms with van der Waals surface area (Å²) >= 11 is 0. The van der Waals surface area contributed by atoms with Crippen LogP contribution in [0.15, 0.2) is 11.6 Å². The Morgan fingerprint density at radius 2 is 2.00 bits per heavy atom. The molecule has 0 aromatic rings. The van der Waals surface area contributed by atoms with Crippen LogP contribution in [0.5, 0.6) is 0 Å². The number of hydrogen-bond donors (Lipinski definition) is 1. The summed E-state index contributed by atoms with van der Waals surface area (Å²) in [7, 11) is 3.21. The molecular formula is C16H29NO3. The molecule has 1 aliphatic rings. The van der Waals surface area contributed by atoms with Gasteiger partial charge in [-0.2, -0.15) is 0 Å². The van der Waals surface area contributed by atoms with Crippen LogP contribution in [0.25, 0.3) is 0 Å². The molecule has 1 fully saturated rings. The third-order valence-corrected chi connectivity index (χ3v) is 4.35. The standard InChI is InChI=1S/C16H29NO3/c1-5-13(2)7-6-12-17-16(15(18)20-4)10-8-14(19-3)9-11-16/h7,14,17H,5-6,8-12H2,1-4H3/b13-7-. The van der Waals surface area contributed by atoms with Crippen LogP contribution in [0.1, 0.15) is 52.4 Å². The zero-order valence-electron chi connectivity index (χ0n) is 13.3. The Hall–Kier alpha value is -0.870. The fourth-order valence-corrected chi connectivity index (χ4v) is 2.74. The summed E-state index contributed by atoms with van der Waals surface area (Å²) in [4.78, 5) is 12.1. The van der Waals surface area contributed by atoms with Crippen LogP contribution in [-0.2, 0) is 14.3 Å². The van der Waals surface area contributed by atoms with Gasteiger partial charge < -0.3 is 14.8 Å². The predicted octanol–water partition coefficient (Wildman–Crippen LogP) is 2.82. The Kier molecular flexibility index (Phi) is 7.24. The van der Waals surface area contributed by atoms with Gasteiger partial charge in [0.05, 0.1) is 13.2 Å². The van der Waals surface area contributed by atoms with E-state index in [1.165, 1.54) is 12.7 Å². The number of allylic oxidation sites excluding steroid dienone is 1. The number of rotatable bonds is 7. The maximum Gasteiger partial charge on any atom is 0.326 e. The molecule has 0 bridgehead atoms. The average Bonchev–Trinajstić information content (AvgIpc) is 2.50. The molecule has 0 aromatic heterocycles. The van der Waals surface area contributed by atoms with Gasteiger partial charge in [0.1, 0.15) is 5.54 Å². The van der Waals surface area contributed by atoms with Crippen LogP contribution < -0.4 is 5.32 Å². The van der Waals surface area contributed by atoms with Gasteiger partial charge in [-0.3, -0.25) is 4.79 Å². The predicted molar refractivity (Wildman–Crippen MR) is 80.7 cm³/mol. The van der Waals surface area contributed by atoms with E-state index in [4.69, 9.17) is 9.47 Å². The summed E-state index contributed by atoms with van der Waals surface area (Å²) in [5.41, 5.74) is 0.875. The van der Waals surface area contributed by atoms with E-state index in [9.17, 15) is 4.79 Å². The topological polar surface area (TPSA) is 47.6 Å². The van der Waals surface area contributed by atoms with Crippen LogP contribution in [0.4, 0.5) is 0 Å². The van der Waals surface area contributed by atoms with Crippen molar-refractivity contribution in [3.63, 3.8) is 0 Å². The minimum Gasteiger partial charge on any atom is -0.468 e. The van der Waals surface area contributed by atoms with Crippen LogP contribution >= 0.6 is 0 Å². The van der Waals surface area contributed by atoms with E-state index < -0.39 is 5.54 Å². The van der Waals surface area contributed by atoms with Crippen LogP contribution in [0.3, 0.4) is 0 Å². The molecule has 1 saturated carbocycles.